The lowest BCUT2D eigenvalue weighted by molar-refractivity contribution is 0.512. The molecule has 0 saturated carbocycles. The van der Waals surface area contributed by atoms with Gasteiger partial charge in [-0.05, 0) is 12.2 Å². The summed E-state index contributed by atoms with van der Waals surface area (Å²) in [5.41, 5.74) is 0. The molecule has 0 aliphatic rings. The zero-order valence-corrected chi connectivity index (χ0v) is 8.04. The second kappa shape index (κ2) is 12.9. The Morgan fingerprint density at radius 2 is 2.17 bits per heavy atom. The quantitative estimate of drug-likeness (QED) is 0.309. The van der Waals surface area contributed by atoms with Crippen LogP contribution in [0.2, 0.25) is 0 Å². The first-order valence-corrected chi connectivity index (χ1v) is 5.05. The van der Waals surface area contributed by atoms with Gasteiger partial charge in [-0.2, -0.15) is 0 Å². The predicted octanol–water partition coefficient (Wildman–Crippen LogP) is 2.06. The molecule has 0 radical (unpaired) electrons. The molecule has 0 spiro atoms. The molecular formula is C7H14NO3P. The van der Waals surface area contributed by atoms with Crippen LogP contribution in [0, 0.1) is 5.41 Å². The molecule has 0 fully saturated rings. The molecule has 0 aliphatic carbocycles. The van der Waals surface area contributed by atoms with E-state index in [4.69, 9.17) is 15.1 Å². The smallest absolute Gasteiger partial charge is 0.231 e. The Labute approximate surface area is 72.7 Å². The summed E-state index contributed by atoms with van der Waals surface area (Å²) in [6.45, 7) is 2.09. The molecular weight excluding hydrogens is 177 g/mol. The Morgan fingerprint density at radius 1 is 1.67 bits per heavy atom. The number of rotatable bonds is 4. The van der Waals surface area contributed by atoms with Gasteiger partial charge in [-0.15, -0.1) is 0 Å². The van der Waals surface area contributed by atoms with Crippen LogP contribution in [-0.4, -0.2) is 11.0 Å². The monoisotopic (exact) mass is 191 g/mol. The van der Waals surface area contributed by atoms with Crippen molar-refractivity contribution < 1.29 is 14.3 Å². The lowest BCUT2D eigenvalue weighted by Gasteiger charge is -1.85. The molecule has 0 aliphatic heterocycles. The highest BCUT2D eigenvalue weighted by molar-refractivity contribution is 7.41. The van der Waals surface area contributed by atoms with Crippen molar-refractivity contribution in [2.75, 3.05) is 0 Å². The molecule has 0 aromatic carbocycles. The summed E-state index contributed by atoms with van der Waals surface area (Å²) in [5.74, 6) is 1.38. The molecule has 2 N–H and O–H groups in total. The number of carbonyl (C=O) groups excluding carboxylic acids is 1. The highest BCUT2D eigenvalue weighted by atomic mass is 31.1. The number of unbranched alkanes of at least 4 members (excludes halogenated alkanes) is 2. The standard InChI is InChI=1S/C6H13O2P.CHNO/c1-2-3-4-5-6-9(7)8;2-1-3/h5-6,9H,2-4H2,1H3,(H,7,8);2H. The first-order valence-electron chi connectivity index (χ1n) is 3.62. The van der Waals surface area contributed by atoms with E-state index in [0.29, 0.717) is 0 Å². The van der Waals surface area contributed by atoms with Gasteiger partial charge >= 0.3 is 0 Å². The van der Waals surface area contributed by atoms with Crippen molar-refractivity contribution in [2.24, 2.45) is 0 Å². The van der Waals surface area contributed by atoms with Crippen LogP contribution in [0.15, 0.2) is 11.9 Å². The van der Waals surface area contributed by atoms with E-state index in [0.717, 1.165) is 25.3 Å². The molecule has 5 heteroatoms. The molecule has 0 saturated heterocycles. The largest absolute Gasteiger partial charge is 0.344 e. The van der Waals surface area contributed by atoms with Gasteiger partial charge in [-0.25, -0.2) is 10.2 Å². The van der Waals surface area contributed by atoms with Crippen LogP contribution < -0.4 is 0 Å². The first kappa shape index (κ1) is 13.9. The minimum atomic E-state index is -2.35. The summed E-state index contributed by atoms with van der Waals surface area (Å²) in [5, 5.41) is 5.40. The summed E-state index contributed by atoms with van der Waals surface area (Å²) in [6, 6.07) is 0. The van der Waals surface area contributed by atoms with E-state index < -0.39 is 8.03 Å². The molecule has 0 aromatic heterocycles. The summed E-state index contributed by atoms with van der Waals surface area (Å²) in [4.78, 5) is 16.7. The summed E-state index contributed by atoms with van der Waals surface area (Å²) < 4.78 is 10.1. The Kier molecular flexibility index (Phi) is 15.0. The van der Waals surface area contributed by atoms with Gasteiger partial charge in [0.05, 0.1) is 0 Å². The van der Waals surface area contributed by atoms with Crippen LogP contribution in [0.5, 0.6) is 0 Å². The molecule has 0 amide bonds. The lowest BCUT2D eigenvalue weighted by Crippen LogP contribution is -1.64. The number of allylic oxidation sites excluding steroid dienone is 1. The van der Waals surface area contributed by atoms with Crippen molar-refractivity contribution in [3.05, 3.63) is 11.9 Å². The van der Waals surface area contributed by atoms with E-state index in [1.54, 1.807) is 6.08 Å². The Morgan fingerprint density at radius 3 is 2.50 bits per heavy atom. The van der Waals surface area contributed by atoms with Gasteiger partial charge in [0.15, 0.2) is 0 Å². The third-order valence-electron chi connectivity index (χ3n) is 0.985. The Bertz CT molecular complexity index is 173. The van der Waals surface area contributed by atoms with Gasteiger partial charge in [0.25, 0.3) is 0 Å². The van der Waals surface area contributed by atoms with Gasteiger partial charge in [0, 0.05) is 0 Å². The van der Waals surface area contributed by atoms with Crippen molar-refractivity contribution in [3.8, 4) is 0 Å². The number of isocyanates is 1. The fraction of sp³-hybridized carbons (Fsp3) is 0.571. The second-order valence-corrected chi connectivity index (χ2v) is 2.99. The number of nitrogens with one attached hydrogen (secondary N) is 1. The van der Waals surface area contributed by atoms with Crippen molar-refractivity contribution in [2.45, 2.75) is 26.2 Å². The van der Waals surface area contributed by atoms with E-state index in [9.17, 15) is 4.57 Å². The minimum absolute atomic E-state index is 0.750. The van der Waals surface area contributed by atoms with Crippen LogP contribution in [0.25, 0.3) is 0 Å². The van der Waals surface area contributed by atoms with Gasteiger partial charge in [-0.1, -0.05) is 25.8 Å². The first-order chi connectivity index (χ1) is 5.68. The molecule has 70 valence electrons. The molecule has 0 bridgehead atoms. The maximum atomic E-state index is 10.1. The van der Waals surface area contributed by atoms with Crippen molar-refractivity contribution in [1.82, 2.24) is 0 Å². The summed E-state index contributed by atoms with van der Waals surface area (Å²) >= 11 is 0. The predicted molar refractivity (Wildman–Crippen MR) is 48.3 cm³/mol. The lowest BCUT2D eigenvalue weighted by atomic mass is 10.2. The zero-order chi connectivity index (χ0) is 9.82. The fourth-order valence-corrected chi connectivity index (χ4v) is 0.874. The SMILES string of the molecule is CCCCC=C[PH](=O)O.N=C=O. The summed E-state index contributed by atoms with van der Waals surface area (Å²) in [6.07, 6.45) is 5.68. The van der Waals surface area contributed by atoms with Gasteiger partial charge < -0.3 is 4.89 Å². The normalized spacial score (nSPS) is 11.5. The van der Waals surface area contributed by atoms with Gasteiger partial charge in [0.1, 0.15) is 0 Å². The van der Waals surface area contributed by atoms with E-state index in [-0.39, 0.29) is 0 Å². The van der Waals surface area contributed by atoms with Gasteiger partial charge in [-0.3, -0.25) is 4.57 Å². The van der Waals surface area contributed by atoms with Gasteiger partial charge in [0.2, 0.25) is 14.1 Å². The fourth-order valence-electron chi connectivity index (χ4n) is 0.506. The maximum Gasteiger partial charge on any atom is 0.231 e. The Balaban J connectivity index is 0. The van der Waals surface area contributed by atoms with Crippen molar-refractivity contribution in [3.63, 3.8) is 0 Å². The third-order valence-corrected chi connectivity index (χ3v) is 1.51. The number of hydrogen-bond donors (Lipinski definition) is 2. The minimum Gasteiger partial charge on any atom is -0.344 e. The highest BCUT2D eigenvalue weighted by Crippen LogP contribution is 2.14. The van der Waals surface area contributed by atoms with Crippen LogP contribution in [0.4, 0.5) is 0 Å². The summed E-state index contributed by atoms with van der Waals surface area (Å²) in [7, 11) is -2.35. The highest BCUT2D eigenvalue weighted by Gasteiger charge is 1.80. The molecule has 0 rings (SSSR count). The molecule has 1 unspecified atom stereocenters. The van der Waals surface area contributed by atoms with Crippen molar-refractivity contribution in [1.29, 1.82) is 5.41 Å². The van der Waals surface area contributed by atoms with E-state index in [2.05, 4.69) is 6.92 Å². The van der Waals surface area contributed by atoms with E-state index >= 15 is 0 Å². The maximum absolute atomic E-state index is 10.1. The van der Waals surface area contributed by atoms with Crippen LogP contribution in [0.3, 0.4) is 0 Å². The average molecular weight is 191 g/mol. The molecule has 0 heterocycles. The zero-order valence-electron chi connectivity index (χ0n) is 7.04. The van der Waals surface area contributed by atoms with E-state index in [1.165, 1.54) is 5.82 Å². The van der Waals surface area contributed by atoms with Crippen LogP contribution >= 0.6 is 8.03 Å². The second-order valence-electron chi connectivity index (χ2n) is 1.98. The molecule has 4 nitrogen and oxygen atoms in total. The number of hydrogen-bond acceptors (Lipinski definition) is 3. The Hall–Kier alpha value is -0.690. The van der Waals surface area contributed by atoms with E-state index in [1.807, 2.05) is 0 Å². The molecule has 0 aromatic rings. The molecule has 1 atom stereocenters. The topological polar surface area (TPSA) is 78.2 Å². The third kappa shape index (κ3) is 22.8. The molecule has 12 heavy (non-hydrogen) atoms. The average Bonchev–Trinajstić information content (AvgIpc) is 1.99. The van der Waals surface area contributed by atoms with Crippen LogP contribution in [0.1, 0.15) is 26.2 Å². The van der Waals surface area contributed by atoms with Crippen LogP contribution in [-0.2, 0) is 9.36 Å². The van der Waals surface area contributed by atoms with Crippen molar-refractivity contribution >= 4 is 14.1 Å².